The summed E-state index contributed by atoms with van der Waals surface area (Å²) in [4.78, 5) is 32.7. The number of nitrogens with zero attached hydrogens (tertiary/aromatic N) is 5. The number of aromatic nitrogens is 4. The third-order valence-corrected chi connectivity index (χ3v) is 4.38. The van der Waals surface area contributed by atoms with Crippen LogP contribution < -0.4 is 10.3 Å². The zero-order valence-electron chi connectivity index (χ0n) is 13.5. The Labute approximate surface area is 146 Å². The van der Waals surface area contributed by atoms with Crippen LogP contribution in [-0.4, -0.2) is 25.7 Å². The van der Waals surface area contributed by atoms with E-state index in [1.807, 2.05) is 19.9 Å². The number of rotatable bonds is 4. The molecule has 0 aliphatic heterocycles. The lowest BCUT2D eigenvalue weighted by molar-refractivity contribution is -0.135. The van der Waals surface area contributed by atoms with Gasteiger partial charge in [0, 0.05) is 17.8 Å². The second kappa shape index (κ2) is 6.78. The van der Waals surface area contributed by atoms with Gasteiger partial charge in [-0.15, -0.1) is 11.3 Å². The second-order valence-electron chi connectivity index (χ2n) is 5.47. The average Bonchev–Trinajstić information content (AvgIpc) is 3.02. The standard InChI is InChI=1S/C16H13N5O3S/c1-9(2)13-11-6-10(7-17)25-14(11)15(23)21(20-13)8-12(22)24-16-18-4-3-5-19-16/h3-6,9H,8H2,1-2H3. The fourth-order valence-electron chi connectivity index (χ4n) is 2.27. The van der Waals surface area contributed by atoms with Crippen LogP contribution in [-0.2, 0) is 11.3 Å². The Hall–Kier alpha value is -3.12. The maximum Gasteiger partial charge on any atom is 0.335 e. The first kappa shape index (κ1) is 16.7. The lowest BCUT2D eigenvalue weighted by atomic mass is 10.1. The number of carbonyl (C=O) groups excluding carboxylic acids is 1. The molecular formula is C16H13N5O3S. The molecule has 3 aromatic heterocycles. The van der Waals surface area contributed by atoms with Crippen molar-refractivity contribution >= 4 is 27.4 Å². The predicted octanol–water partition coefficient (Wildman–Crippen LogP) is 1.85. The van der Waals surface area contributed by atoms with Gasteiger partial charge in [-0.3, -0.25) is 4.79 Å². The summed E-state index contributed by atoms with van der Waals surface area (Å²) >= 11 is 1.09. The van der Waals surface area contributed by atoms with Crippen LogP contribution in [0.25, 0.3) is 10.1 Å². The highest BCUT2D eigenvalue weighted by atomic mass is 32.1. The van der Waals surface area contributed by atoms with E-state index in [0.29, 0.717) is 20.7 Å². The van der Waals surface area contributed by atoms with Crippen molar-refractivity contribution in [3.05, 3.63) is 45.5 Å². The molecule has 0 radical (unpaired) electrons. The number of hydrogen-bond donors (Lipinski definition) is 0. The van der Waals surface area contributed by atoms with E-state index in [2.05, 4.69) is 15.1 Å². The Bertz CT molecular complexity index is 1030. The molecule has 0 aliphatic rings. The Balaban J connectivity index is 1.99. The highest BCUT2D eigenvalue weighted by Gasteiger charge is 2.18. The first-order valence-electron chi connectivity index (χ1n) is 7.42. The SMILES string of the molecule is CC(C)c1nn(CC(=O)Oc2ncccn2)c(=O)c2sc(C#N)cc12. The van der Waals surface area contributed by atoms with Crippen LogP contribution in [0.15, 0.2) is 29.3 Å². The third-order valence-electron chi connectivity index (χ3n) is 3.35. The fraction of sp³-hybridized carbons (Fsp3) is 0.250. The summed E-state index contributed by atoms with van der Waals surface area (Å²) in [6.45, 7) is 3.49. The molecule has 3 aromatic rings. The molecule has 0 saturated heterocycles. The lowest BCUT2D eigenvalue weighted by Gasteiger charge is -2.10. The number of fused-ring (bicyclic) bond motifs is 1. The fourth-order valence-corrected chi connectivity index (χ4v) is 3.18. The zero-order chi connectivity index (χ0) is 18.0. The molecule has 3 heterocycles. The summed E-state index contributed by atoms with van der Waals surface area (Å²) in [5.74, 6) is -0.684. The minimum atomic E-state index is -0.702. The Morgan fingerprint density at radius 1 is 1.40 bits per heavy atom. The average molecular weight is 355 g/mol. The third kappa shape index (κ3) is 3.39. The van der Waals surface area contributed by atoms with Gasteiger partial charge in [-0.05, 0) is 18.1 Å². The molecule has 0 saturated carbocycles. The molecule has 0 spiro atoms. The van der Waals surface area contributed by atoms with Crippen molar-refractivity contribution in [1.82, 2.24) is 19.7 Å². The molecule has 25 heavy (non-hydrogen) atoms. The van der Waals surface area contributed by atoms with Gasteiger partial charge in [0.15, 0.2) is 0 Å². The topological polar surface area (TPSA) is 111 Å². The van der Waals surface area contributed by atoms with Crippen molar-refractivity contribution in [3.63, 3.8) is 0 Å². The van der Waals surface area contributed by atoms with Crippen LogP contribution in [0.4, 0.5) is 0 Å². The van der Waals surface area contributed by atoms with Gasteiger partial charge >= 0.3 is 12.0 Å². The van der Waals surface area contributed by atoms with E-state index in [9.17, 15) is 9.59 Å². The van der Waals surface area contributed by atoms with Gasteiger partial charge in [0.25, 0.3) is 5.56 Å². The maximum atomic E-state index is 12.6. The minimum absolute atomic E-state index is 0.0176. The molecule has 9 heteroatoms. The first-order valence-corrected chi connectivity index (χ1v) is 8.23. The molecule has 0 unspecified atom stereocenters. The quantitative estimate of drug-likeness (QED) is 0.657. The largest absolute Gasteiger partial charge is 0.389 e. The van der Waals surface area contributed by atoms with Crippen molar-refractivity contribution in [2.75, 3.05) is 0 Å². The molecule has 0 aliphatic carbocycles. The van der Waals surface area contributed by atoms with Gasteiger partial charge < -0.3 is 4.74 Å². The summed E-state index contributed by atoms with van der Waals surface area (Å²) in [6.07, 6.45) is 2.88. The highest BCUT2D eigenvalue weighted by molar-refractivity contribution is 7.19. The van der Waals surface area contributed by atoms with Crippen molar-refractivity contribution in [2.45, 2.75) is 26.3 Å². The van der Waals surface area contributed by atoms with Crippen LogP contribution in [0.1, 0.15) is 30.3 Å². The molecule has 0 N–H and O–H groups in total. The van der Waals surface area contributed by atoms with E-state index in [0.717, 1.165) is 16.0 Å². The summed E-state index contributed by atoms with van der Waals surface area (Å²) < 4.78 is 6.46. The molecule has 0 bridgehead atoms. The number of hydrogen-bond acceptors (Lipinski definition) is 8. The smallest absolute Gasteiger partial charge is 0.335 e. The summed E-state index contributed by atoms with van der Waals surface area (Å²) in [5, 5.41) is 14.0. The second-order valence-corrected chi connectivity index (χ2v) is 6.53. The van der Waals surface area contributed by atoms with E-state index < -0.39 is 11.5 Å². The Morgan fingerprint density at radius 2 is 2.12 bits per heavy atom. The van der Waals surface area contributed by atoms with Crippen LogP contribution in [0.2, 0.25) is 0 Å². The van der Waals surface area contributed by atoms with E-state index in [1.165, 1.54) is 12.4 Å². The van der Waals surface area contributed by atoms with Crippen LogP contribution in [0.5, 0.6) is 6.01 Å². The number of carbonyl (C=O) groups is 1. The minimum Gasteiger partial charge on any atom is -0.389 e. The van der Waals surface area contributed by atoms with Crippen LogP contribution >= 0.6 is 11.3 Å². The van der Waals surface area contributed by atoms with Crippen molar-refractivity contribution in [3.8, 4) is 12.1 Å². The summed E-state index contributed by atoms with van der Waals surface area (Å²) in [7, 11) is 0. The van der Waals surface area contributed by atoms with Gasteiger partial charge in [0.2, 0.25) is 0 Å². The van der Waals surface area contributed by atoms with Crippen molar-refractivity contribution in [2.24, 2.45) is 0 Å². The van der Waals surface area contributed by atoms with Crippen molar-refractivity contribution < 1.29 is 9.53 Å². The van der Waals surface area contributed by atoms with E-state index in [1.54, 1.807) is 12.1 Å². The molecule has 0 amide bonds. The molecule has 126 valence electrons. The maximum absolute atomic E-state index is 12.6. The van der Waals surface area contributed by atoms with Crippen LogP contribution in [0, 0.1) is 11.3 Å². The molecule has 0 atom stereocenters. The number of thiophene rings is 1. The van der Waals surface area contributed by atoms with E-state index in [-0.39, 0.29) is 18.5 Å². The van der Waals surface area contributed by atoms with E-state index >= 15 is 0 Å². The molecule has 0 fully saturated rings. The molecular weight excluding hydrogens is 342 g/mol. The first-order chi connectivity index (χ1) is 12.0. The van der Waals surface area contributed by atoms with Gasteiger partial charge in [0.05, 0.1) is 5.69 Å². The van der Waals surface area contributed by atoms with Crippen molar-refractivity contribution in [1.29, 1.82) is 5.26 Å². The van der Waals surface area contributed by atoms with Gasteiger partial charge in [0.1, 0.15) is 22.2 Å². The Kier molecular flexibility index (Phi) is 4.54. The zero-order valence-corrected chi connectivity index (χ0v) is 14.3. The summed E-state index contributed by atoms with van der Waals surface area (Å²) in [5.41, 5.74) is 0.216. The molecule has 0 aromatic carbocycles. The normalized spacial score (nSPS) is 10.8. The highest BCUT2D eigenvalue weighted by Crippen LogP contribution is 2.27. The lowest BCUT2D eigenvalue weighted by Crippen LogP contribution is -2.29. The molecule has 8 nitrogen and oxygen atoms in total. The molecule has 3 rings (SSSR count). The van der Waals surface area contributed by atoms with E-state index in [4.69, 9.17) is 10.00 Å². The van der Waals surface area contributed by atoms with Gasteiger partial charge in [-0.2, -0.15) is 10.4 Å². The Morgan fingerprint density at radius 3 is 2.76 bits per heavy atom. The number of ether oxygens (including phenoxy) is 1. The summed E-state index contributed by atoms with van der Waals surface area (Å²) in [6, 6.07) is 5.20. The monoisotopic (exact) mass is 355 g/mol. The van der Waals surface area contributed by atoms with Gasteiger partial charge in [-0.25, -0.2) is 19.4 Å². The number of esters is 1. The van der Waals surface area contributed by atoms with Crippen LogP contribution in [0.3, 0.4) is 0 Å². The van der Waals surface area contributed by atoms with Gasteiger partial charge in [-0.1, -0.05) is 13.8 Å². The number of nitriles is 1. The predicted molar refractivity (Wildman–Crippen MR) is 90.4 cm³/mol.